The van der Waals surface area contributed by atoms with Gasteiger partial charge in [-0.05, 0) is 13.8 Å². The molecule has 15 heavy (non-hydrogen) atoms. The van der Waals surface area contributed by atoms with Crippen molar-refractivity contribution >= 4 is 5.97 Å². The van der Waals surface area contributed by atoms with Crippen LogP contribution in [-0.2, 0) is 4.79 Å². The summed E-state index contributed by atoms with van der Waals surface area (Å²) >= 11 is 0. The highest BCUT2D eigenvalue weighted by Crippen LogP contribution is 2.45. The van der Waals surface area contributed by atoms with Crippen LogP contribution in [0.15, 0.2) is 0 Å². The first-order chi connectivity index (χ1) is 6.39. The van der Waals surface area contributed by atoms with E-state index in [1.54, 1.807) is 0 Å². The fourth-order valence-electron chi connectivity index (χ4n) is 0.707. The molecule has 0 bridgehead atoms. The molecule has 90 valence electrons. The van der Waals surface area contributed by atoms with Crippen molar-refractivity contribution in [3.8, 4) is 0 Å². The van der Waals surface area contributed by atoms with Crippen LogP contribution in [0, 0.1) is 0 Å². The first-order valence-electron chi connectivity index (χ1n) is 3.50. The molecule has 0 saturated carbocycles. The van der Waals surface area contributed by atoms with Crippen LogP contribution in [-0.4, -0.2) is 33.8 Å². The minimum atomic E-state index is -5.42. The minimum Gasteiger partial charge on any atom is -0.478 e. The lowest BCUT2D eigenvalue weighted by atomic mass is 9.93. The van der Waals surface area contributed by atoms with Crippen molar-refractivity contribution in [2.24, 2.45) is 0 Å². The first-order valence-corrected chi connectivity index (χ1v) is 3.50. The van der Waals surface area contributed by atoms with Gasteiger partial charge in [0.1, 0.15) is 0 Å². The number of carbonyl (C=O) groups is 1. The maximum absolute atomic E-state index is 12.9. The highest BCUT2D eigenvalue weighted by Gasteiger charge is 2.74. The predicted molar refractivity (Wildman–Crippen MR) is 35.7 cm³/mol. The molecule has 9 heteroatoms. The van der Waals surface area contributed by atoms with E-state index in [9.17, 15) is 31.3 Å². The SMILES string of the molecule is CC(C)(F)C(F)(F)[C@](F)(C(=O)O)N(F)F. The van der Waals surface area contributed by atoms with Crippen LogP contribution in [0.1, 0.15) is 13.8 Å². The van der Waals surface area contributed by atoms with Crippen LogP contribution < -0.4 is 0 Å². The zero-order chi connectivity index (χ0) is 12.7. The predicted octanol–water partition coefficient (Wildman–Crippen LogP) is 2.19. The van der Waals surface area contributed by atoms with E-state index in [-0.39, 0.29) is 13.8 Å². The highest BCUT2D eigenvalue weighted by atomic mass is 19.4. The Morgan fingerprint density at radius 1 is 1.13 bits per heavy atom. The fourth-order valence-corrected chi connectivity index (χ4v) is 0.707. The van der Waals surface area contributed by atoms with Crippen molar-refractivity contribution in [1.82, 2.24) is 5.34 Å². The number of hydrogen-bond acceptors (Lipinski definition) is 2. The van der Waals surface area contributed by atoms with Gasteiger partial charge in [-0.2, -0.15) is 8.78 Å². The van der Waals surface area contributed by atoms with Crippen LogP contribution in [0.4, 0.5) is 26.5 Å². The lowest BCUT2D eigenvalue weighted by Crippen LogP contribution is -2.64. The van der Waals surface area contributed by atoms with E-state index in [2.05, 4.69) is 0 Å². The molecule has 0 spiro atoms. The number of aliphatic carboxylic acids is 1. The zero-order valence-corrected chi connectivity index (χ0v) is 7.57. The molecule has 1 atom stereocenters. The number of alkyl halides is 4. The van der Waals surface area contributed by atoms with Crippen LogP contribution >= 0.6 is 0 Å². The lowest BCUT2D eigenvalue weighted by Gasteiger charge is -2.34. The molecule has 0 fully saturated rings. The number of hydrogen-bond donors (Lipinski definition) is 1. The summed E-state index contributed by atoms with van der Waals surface area (Å²) in [4.78, 5) is 10.0. The van der Waals surface area contributed by atoms with E-state index in [1.807, 2.05) is 0 Å². The van der Waals surface area contributed by atoms with Crippen LogP contribution in [0.5, 0.6) is 0 Å². The van der Waals surface area contributed by atoms with Crippen molar-refractivity contribution in [2.75, 3.05) is 0 Å². The summed E-state index contributed by atoms with van der Waals surface area (Å²) in [5.74, 6) is -14.0. The topological polar surface area (TPSA) is 40.5 Å². The number of rotatable bonds is 4. The van der Waals surface area contributed by atoms with Crippen LogP contribution in [0.3, 0.4) is 0 Å². The molecule has 0 aromatic carbocycles. The molecule has 1 N–H and O–H groups in total. The molecule has 0 heterocycles. The van der Waals surface area contributed by atoms with Gasteiger partial charge in [-0.3, -0.25) is 0 Å². The second-order valence-corrected chi connectivity index (χ2v) is 3.21. The number of carboxylic acid groups (broad SMARTS) is 1. The monoisotopic (exact) mass is 239 g/mol. The molecule has 0 aliphatic heterocycles. The first kappa shape index (κ1) is 14.0. The molecule has 0 amide bonds. The number of nitrogens with zero attached hydrogens (tertiary/aromatic N) is 1. The molecular weight excluding hydrogens is 232 g/mol. The van der Waals surface area contributed by atoms with Crippen molar-refractivity contribution in [3.05, 3.63) is 0 Å². The van der Waals surface area contributed by atoms with Gasteiger partial charge in [0.15, 0.2) is 5.67 Å². The Hall–Kier alpha value is -0.990. The van der Waals surface area contributed by atoms with Gasteiger partial charge >= 0.3 is 17.7 Å². The van der Waals surface area contributed by atoms with E-state index < -0.39 is 28.7 Å². The van der Waals surface area contributed by atoms with Gasteiger partial charge in [0.05, 0.1) is 5.34 Å². The smallest absolute Gasteiger partial charge is 0.381 e. The quantitative estimate of drug-likeness (QED) is 0.464. The summed E-state index contributed by atoms with van der Waals surface area (Å²) in [5.41, 5.74) is -3.77. The fraction of sp³-hybridized carbons (Fsp3) is 0.833. The van der Waals surface area contributed by atoms with E-state index >= 15 is 0 Å². The van der Waals surface area contributed by atoms with Gasteiger partial charge < -0.3 is 5.11 Å². The van der Waals surface area contributed by atoms with Gasteiger partial charge in [-0.15, -0.1) is 0 Å². The molecule has 0 rings (SSSR count). The van der Waals surface area contributed by atoms with E-state index in [0.717, 1.165) is 0 Å². The number of carboxylic acids is 1. The molecule has 0 aliphatic rings. The minimum absolute atomic E-state index is 0.0910. The van der Waals surface area contributed by atoms with Crippen molar-refractivity contribution in [3.63, 3.8) is 0 Å². The maximum atomic E-state index is 12.9. The maximum Gasteiger partial charge on any atom is 0.381 e. The van der Waals surface area contributed by atoms with Crippen LogP contribution in [0.2, 0.25) is 0 Å². The zero-order valence-electron chi connectivity index (χ0n) is 7.57. The molecule has 0 aromatic heterocycles. The Balaban J connectivity index is 5.57. The molecule has 0 radical (unpaired) electrons. The molecule has 0 aromatic rings. The largest absolute Gasteiger partial charge is 0.478 e. The van der Waals surface area contributed by atoms with Gasteiger partial charge in [-0.25, -0.2) is 13.6 Å². The Bertz CT molecular complexity index is 263. The van der Waals surface area contributed by atoms with E-state index in [1.165, 1.54) is 0 Å². The molecule has 0 unspecified atom stereocenters. The van der Waals surface area contributed by atoms with Crippen molar-refractivity contribution in [2.45, 2.75) is 31.2 Å². The Kier molecular flexibility index (Phi) is 3.31. The third-order valence-corrected chi connectivity index (χ3v) is 1.68. The van der Waals surface area contributed by atoms with Crippen molar-refractivity contribution < 1.29 is 36.4 Å². The van der Waals surface area contributed by atoms with Gasteiger partial charge in [0.2, 0.25) is 0 Å². The summed E-state index contributed by atoms with van der Waals surface area (Å²) in [6, 6.07) is 0. The second-order valence-electron chi connectivity index (χ2n) is 3.21. The summed E-state index contributed by atoms with van der Waals surface area (Å²) in [6.07, 6.45) is 0. The highest BCUT2D eigenvalue weighted by molar-refractivity contribution is 5.78. The van der Waals surface area contributed by atoms with Crippen LogP contribution in [0.25, 0.3) is 0 Å². The number of halogens is 6. The third kappa shape index (κ3) is 1.87. The Morgan fingerprint density at radius 3 is 1.53 bits per heavy atom. The Morgan fingerprint density at radius 2 is 1.47 bits per heavy atom. The normalized spacial score (nSPS) is 17.7. The molecular formula is C6H7F6NO2. The van der Waals surface area contributed by atoms with Crippen molar-refractivity contribution in [1.29, 1.82) is 0 Å². The lowest BCUT2D eigenvalue weighted by molar-refractivity contribution is -0.355. The van der Waals surface area contributed by atoms with Gasteiger partial charge in [-0.1, -0.05) is 8.96 Å². The van der Waals surface area contributed by atoms with Gasteiger partial charge in [0, 0.05) is 0 Å². The molecule has 3 nitrogen and oxygen atoms in total. The molecule has 0 saturated heterocycles. The second kappa shape index (κ2) is 3.54. The Labute approximate surface area is 80.1 Å². The van der Waals surface area contributed by atoms with Gasteiger partial charge in [0.25, 0.3) is 0 Å². The average molecular weight is 239 g/mol. The average Bonchev–Trinajstić information content (AvgIpc) is 1.99. The standard InChI is InChI=1S/C6H7F6NO2/c1-4(2,7)6(9,10)5(8,3(14)15)13(11)12/h1-2H3,(H,14,15)/t5-/m0/s1. The molecule has 0 aliphatic carbocycles. The third-order valence-electron chi connectivity index (χ3n) is 1.68. The van der Waals surface area contributed by atoms with E-state index in [4.69, 9.17) is 5.11 Å². The summed E-state index contributed by atoms with van der Waals surface area (Å²) in [5, 5.41) is 5.09. The summed E-state index contributed by atoms with van der Waals surface area (Å²) < 4.78 is 74.9. The van der Waals surface area contributed by atoms with E-state index in [0.29, 0.717) is 0 Å². The summed E-state index contributed by atoms with van der Waals surface area (Å²) in [7, 11) is 0. The summed E-state index contributed by atoms with van der Waals surface area (Å²) in [6.45, 7) is 0.182.